The van der Waals surface area contributed by atoms with E-state index in [9.17, 15) is 0 Å². The van der Waals surface area contributed by atoms with Gasteiger partial charge >= 0.3 is 0 Å². The summed E-state index contributed by atoms with van der Waals surface area (Å²) in [4.78, 5) is 4.11. The standard InChI is InChI=1S/C11H18N2/c1-9(2)6-11(7-12)10-4-3-5-13-8-10/h3-5,8-9,11H,6-7,12H2,1-2H3. The SMILES string of the molecule is CC(C)CC(CN)c1cccnc1. The molecule has 0 radical (unpaired) electrons. The Bertz CT molecular complexity index is 231. The Morgan fingerprint density at radius 3 is 2.69 bits per heavy atom. The first-order chi connectivity index (χ1) is 6.24. The molecule has 72 valence electrons. The van der Waals surface area contributed by atoms with Gasteiger partial charge in [0.25, 0.3) is 0 Å². The number of nitrogens with two attached hydrogens (primary N) is 1. The van der Waals surface area contributed by atoms with Crippen molar-refractivity contribution in [3.8, 4) is 0 Å². The Hall–Kier alpha value is -0.890. The molecular weight excluding hydrogens is 160 g/mol. The maximum atomic E-state index is 5.73. The average molecular weight is 178 g/mol. The van der Waals surface area contributed by atoms with E-state index in [1.54, 1.807) is 6.20 Å². The minimum absolute atomic E-state index is 0.466. The fourth-order valence-electron chi connectivity index (χ4n) is 1.55. The lowest BCUT2D eigenvalue weighted by Gasteiger charge is -2.16. The van der Waals surface area contributed by atoms with Gasteiger partial charge in [-0.05, 0) is 36.4 Å². The van der Waals surface area contributed by atoms with Gasteiger partial charge < -0.3 is 5.73 Å². The molecule has 1 heterocycles. The molecule has 2 N–H and O–H groups in total. The predicted molar refractivity (Wildman–Crippen MR) is 55.5 cm³/mol. The molecule has 2 nitrogen and oxygen atoms in total. The van der Waals surface area contributed by atoms with Crippen LogP contribution in [0.25, 0.3) is 0 Å². The van der Waals surface area contributed by atoms with Crippen molar-refractivity contribution in [1.29, 1.82) is 0 Å². The van der Waals surface area contributed by atoms with Gasteiger partial charge in [-0.3, -0.25) is 4.98 Å². The molecular formula is C11H18N2. The molecule has 1 aromatic heterocycles. The number of hydrogen-bond acceptors (Lipinski definition) is 2. The van der Waals surface area contributed by atoms with Gasteiger partial charge in [0.2, 0.25) is 0 Å². The molecule has 0 fully saturated rings. The van der Waals surface area contributed by atoms with E-state index in [1.165, 1.54) is 5.56 Å². The van der Waals surface area contributed by atoms with Gasteiger partial charge in [-0.1, -0.05) is 19.9 Å². The van der Waals surface area contributed by atoms with Crippen LogP contribution in [0.15, 0.2) is 24.5 Å². The lowest BCUT2D eigenvalue weighted by atomic mass is 9.91. The summed E-state index contributed by atoms with van der Waals surface area (Å²) in [5.74, 6) is 1.16. The van der Waals surface area contributed by atoms with E-state index in [4.69, 9.17) is 5.73 Å². The highest BCUT2D eigenvalue weighted by atomic mass is 14.6. The molecule has 0 aromatic carbocycles. The highest BCUT2D eigenvalue weighted by Crippen LogP contribution is 2.21. The van der Waals surface area contributed by atoms with E-state index < -0.39 is 0 Å². The summed E-state index contributed by atoms with van der Waals surface area (Å²) in [5.41, 5.74) is 6.99. The van der Waals surface area contributed by atoms with E-state index in [0.29, 0.717) is 18.4 Å². The lowest BCUT2D eigenvalue weighted by Crippen LogP contribution is -2.14. The first kappa shape index (κ1) is 10.2. The van der Waals surface area contributed by atoms with Crippen molar-refractivity contribution in [2.45, 2.75) is 26.2 Å². The third-order valence-electron chi connectivity index (χ3n) is 2.20. The molecule has 2 heteroatoms. The van der Waals surface area contributed by atoms with E-state index in [0.717, 1.165) is 6.42 Å². The zero-order chi connectivity index (χ0) is 9.68. The summed E-state index contributed by atoms with van der Waals surface area (Å²) in [5, 5.41) is 0. The quantitative estimate of drug-likeness (QED) is 0.767. The molecule has 0 amide bonds. The van der Waals surface area contributed by atoms with E-state index in [1.807, 2.05) is 12.3 Å². The maximum Gasteiger partial charge on any atom is 0.0303 e. The summed E-state index contributed by atoms with van der Waals surface area (Å²) in [6, 6.07) is 4.07. The van der Waals surface area contributed by atoms with Crippen LogP contribution in [-0.2, 0) is 0 Å². The van der Waals surface area contributed by atoms with Crippen molar-refractivity contribution < 1.29 is 0 Å². The fraction of sp³-hybridized carbons (Fsp3) is 0.545. The van der Waals surface area contributed by atoms with Gasteiger partial charge in [0, 0.05) is 12.4 Å². The normalized spacial score (nSPS) is 13.2. The third-order valence-corrected chi connectivity index (χ3v) is 2.20. The van der Waals surface area contributed by atoms with Crippen LogP contribution in [0.2, 0.25) is 0 Å². The molecule has 0 saturated carbocycles. The maximum absolute atomic E-state index is 5.73. The first-order valence-corrected chi connectivity index (χ1v) is 4.84. The van der Waals surface area contributed by atoms with Crippen LogP contribution < -0.4 is 5.73 Å². The average Bonchev–Trinajstić information content (AvgIpc) is 2.15. The fourth-order valence-corrected chi connectivity index (χ4v) is 1.55. The summed E-state index contributed by atoms with van der Waals surface area (Å²) < 4.78 is 0. The summed E-state index contributed by atoms with van der Waals surface area (Å²) >= 11 is 0. The van der Waals surface area contributed by atoms with Gasteiger partial charge in [0.15, 0.2) is 0 Å². The van der Waals surface area contributed by atoms with Crippen molar-refractivity contribution in [3.63, 3.8) is 0 Å². The second kappa shape index (κ2) is 4.97. The van der Waals surface area contributed by atoms with Crippen LogP contribution in [0, 0.1) is 5.92 Å². The monoisotopic (exact) mass is 178 g/mol. The molecule has 0 aliphatic heterocycles. The number of nitrogens with zero attached hydrogens (tertiary/aromatic N) is 1. The van der Waals surface area contributed by atoms with Gasteiger partial charge in [-0.15, -0.1) is 0 Å². The Kier molecular flexibility index (Phi) is 3.90. The summed E-state index contributed by atoms with van der Waals surface area (Å²) in [6.07, 6.45) is 4.86. The zero-order valence-electron chi connectivity index (χ0n) is 8.40. The van der Waals surface area contributed by atoms with Crippen LogP contribution in [0.4, 0.5) is 0 Å². The molecule has 1 unspecified atom stereocenters. The Labute approximate surface area is 80.2 Å². The molecule has 13 heavy (non-hydrogen) atoms. The third kappa shape index (κ3) is 3.15. The molecule has 1 atom stereocenters. The van der Waals surface area contributed by atoms with Crippen molar-refractivity contribution in [1.82, 2.24) is 4.98 Å². The lowest BCUT2D eigenvalue weighted by molar-refractivity contribution is 0.503. The molecule has 0 spiro atoms. The van der Waals surface area contributed by atoms with Crippen LogP contribution in [0.5, 0.6) is 0 Å². The van der Waals surface area contributed by atoms with Crippen LogP contribution in [0.3, 0.4) is 0 Å². The Morgan fingerprint density at radius 2 is 2.23 bits per heavy atom. The van der Waals surface area contributed by atoms with Gasteiger partial charge in [0.05, 0.1) is 0 Å². The Morgan fingerprint density at radius 1 is 1.46 bits per heavy atom. The largest absolute Gasteiger partial charge is 0.330 e. The number of aromatic nitrogens is 1. The molecule has 1 rings (SSSR count). The number of pyridine rings is 1. The number of hydrogen-bond donors (Lipinski definition) is 1. The van der Waals surface area contributed by atoms with E-state index in [2.05, 4.69) is 24.9 Å². The van der Waals surface area contributed by atoms with Crippen LogP contribution in [0.1, 0.15) is 31.7 Å². The smallest absolute Gasteiger partial charge is 0.0303 e. The predicted octanol–water partition coefficient (Wildman–Crippen LogP) is 2.17. The van der Waals surface area contributed by atoms with Crippen LogP contribution >= 0.6 is 0 Å². The second-order valence-corrected chi connectivity index (χ2v) is 3.85. The minimum atomic E-state index is 0.466. The van der Waals surface area contributed by atoms with Gasteiger partial charge in [-0.2, -0.15) is 0 Å². The first-order valence-electron chi connectivity index (χ1n) is 4.84. The van der Waals surface area contributed by atoms with Crippen molar-refractivity contribution >= 4 is 0 Å². The molecule has 1 aromatic rings. The minimum Gasteiger partial charge on any atom is -0.330 e. The van der Waals surface area contributed by atoms with Gasteiger partial charge in [0.1, 0.15) is 0 Å². The highest BCUT2D eigenvalue weighted by molar-refractivity contribution is 5.14. The van der Waals surface area contributed by atoms with Crippen molar-refractivity contribution in [2.75, 3.05) is 6.54 Å². The molecule has 0 aliphatic carbocycles. The topological polar surface area (TPSA) is 38.9 Å². The Balaban J connectivity index is 2.67. The van der Waals surface area contributed by atoms with Gasteiger partial charge in [-0.25, -0.2) is 0 Å². The second-order valence-electron chi connectivity index (χ2n) is 3.85. The molecule has 0 saturated heterocycles. The van der Waals surface area contributed by atoms with E-state index >= 15 is 0 Å². The summed E-state index contributed by atoms with van der Waals surface area (Å²) in [6.45, 7) is 5.15. The van der Waals surface area contributed by atoms with E-state index in [-0.39, 0.29) is 0 Å². The zero-order valence-corrected chi connectivity index (χ0v) is 8.40. The summed E-state index contributed by atoms with van der Waals surface area (Å²) in [7, 11) is 0. The molecule has 0 aliphatic rings. The van der Waals surface area contributed by atoms with Crippen molar-refractivity contribution in [2.24, 2.45) is 11.7 Å². The number of rotatable bonds is 4. The van der Waals surface area contributed by atoms with Crippen molar-refractivity contribution in [3.05, 3.63) is 30.1 Å². The highest BCUT2D eigenvalue weighted by Gasteiger charge is 2.10. The molecule has 0 bridgehead atoms. The van der Waals surface area contributed by atoms with Crippen LogP contribution in [-0.4, -0.2) is 11.5 Å².